The van der Waals surface area contributed by atoms with Crippen molar-refractivity contribution in [2.45, 2.75) is 25.9 Å². The number of halogens is 3. The lowest BCUT2D eigenvalue weighted by atomic mass is 10.0. The molecule has 0 fully saturated rings. The van der Waals surface area contributed by atoms with Crippen LogP contribution in [-0.4, -0.2) is 12.5 Å². The van der Waals surface area contributed by atoms with E-state index < -0.39 is 11.7 Å². The first-order chi connectivity index (χ1) is 8.84. The third kappa shape index (κ3) is 4.90. The smallest absolute Gasteiger partial charge is 0.330 e. The van der Waals surface area contributed by atoms with E-state index >= 15 is 0 Å². The third-order valence-corrected chi connectivity index (χ3v) is 2.77. The molecule has 0 saturated carbocycles. The summed E-state index contributed by atoms with van der Waals surface area (Å²) < 4.78 is 37.1. The number of nitrogens with one attached hydrogen (secondary N) is 1. The van der Waals surface area contributed by atoms with E-state index in [4.69, 9.17) is 5.73 Å². The molecule has 0 aliphatic rings. The van der Waals surface area contributed by atoms with Crippen molar-refractivity contribution in [1.29, 1.82) is 0 Å². The second-order valence-electron chi connectivity index (χ2n) is 4.40. The van der Waals surface area contributed by atoms with E-state index in [9.17, 15) is 18.0 Å². The highest BCUT2D eigenvalue weighted by atomic mass is 19.4. The molecule has 0 aromatic heterocycles. The monoisotopic (exact) mass is 274 g/mol. The molecular weight excluding hydrogens is 257 g/mol. The fraction of sp³-hybridized carbons (Fsp3) is 0.462. The van der Waals surface area contributed by atoms with Crippen molar-refractivity contribution in [3.63, 3.8) is 0 Å². The lowest BCUT2D eigenvalue weighted by Crippen LogP contribution is -2.21. The topological polar surface area (TPSA) is 55.1 Å². The second kappa shape index (κ2) is 6.56. The number of rotatable bonds is 5. The van der Waals surface area contributed by atoms with E-state index in [-0.39, 0.29) is 11.8 Å². The van der Waals surface area contributed by atoms with E-state index in [2.05, 4.69) is 5.32 Å². The number of hydrogen-bond acceptors (Lipinski definition) is 2. The maximum Gasteiger partial charge on any atom is 0.416 e. The normalized spacial score (nSPS) is 13.1. The van der Waals surface area contributed by atoms with E-state index in [1.807, 2.05) is 0 Å². The first-order valence-electron chi connectivity index (χ1n) is 6.02. The van der Waals surface area contributed by atoms with Crippen molar-refractivity contribution in [2.75, 3.05) is 11.9 Å². The SMILES string of the molecule is CC(CCCN)C(=O)Nc1ccc(C(F)(F)F)cc1. The van der Waals surface area contributed by atoms with Crippen LogP contribution in [0.5, 0.6) is 0 Å². The van der Waals surface area contributed by atoms with Crippen LogP contribution in [0.1, 0.15) is 25.3 Å². The Bertz CT molecular complexity index is 415. The fourth-order valence-electron chi connectivity index (χ4n) is 1.56. The lowest BCUT2D eigenvalue weighted by molar-refractivity contribution is -0.137. The molecular formula is C13H17F3N2O. The molecule has 1 unspecified atom stereocenters. The van der Waals surface area contributed by atoms with Crippen molar-refractivity contribution in [1.82, 2.24) is 0 Å². The minimum atomic E-state index is -4.36. The van der Waals surface area contributed by atoms with Gasteiger partial charge in [0.15, 0.2) is 0 Å². The highest BCUT2D eigenvalue weighted by Gasteiger charge is 2.30. The van der Waals surface area contributed by atoms with Gasteiger partial charge in [0.05, 0.1) is 5.56 Å². The summed E-state index contributed by atoms with van der Waals surface area (Å²) in [6.45, 7) is 2.27. The Morgan fingerprint density at radius 2 is 1.89 bits per heavy atom. The Morgan fingerprint density at radius 3 is 2.37 bits per heavy atom. The molecule has 0 heterocycles. The lowest BCUT2D eigenvalue weighted by Gasteiger charge is -2.12. The number of benzene rings is 1. The van der Waals surface area contributed by atoms with E-state index in [1.165, 1.54) is 12.1 Å². The molecule has 106 valence electrons. The van der Waals surface area contributed by atoms with Gasteiger partial charge in [-0.2, -0.15) is 13.2 Å². The first kappa shape index (κ1) is 15.5. The molecule has 3 N–H and O–H groups in total. The van der Waals surface area contributed by atoms with Gasteiger partial charge in [-0.05, 0) is 43.7 Å². The highest BCUT2D eigenvalue weighted by Crippen LogP contribution is 2.29. The van der Waals surface area contributed by atoms with Crippen LogP contribution in [0.15, 0.2) is 24.3 Å². The first-order valence-corrected chi connectivity index (χ1v) is 6.02. The van der Waals surface area contributed by atoms with Gasteiger partial charge in [0.25, 0.3) is 0 Å². The zero-order chi connectivity index (χ0) is 14.5. The predicted octanol–water partition coefficient (Wildman–Crippen LogP) is 3.02. The van der Waals surface area contributed by atoms with Crippen LogP contribution in [0.4, 0.5) is 18.9 Å². The number of amides is 1. The Morgan fingerprint density at radius 1 is 1.32 bits per heavy atom. The summed E-state index contributed by atoms with van der Waals surface area (Å²) in [6, 6.07) is 4.38. The van der Waals surface area contributed by atoms with Crippen LogP contribution < -0.4 is 11.1 Å². The minimum absolute atomic E-state index is 0.215. The van der Waals surface area contributed by atoms with Gasteiger partial charge in [-0.1, -0.05) is 6.92 Å². The van der Waals surface area contributed by atoms with Gasteiger partial charge in [-0.3, -0.25) is 4.79 Å². The van der Waals surface area contributed by atoms with Gasteiger partial charge in [0.2, 0.25) is 5.91 Å². The number of anilines is 1. The van der Waals surface area contributed by atoms with Crippen molar-refractivity contribution >= 4 is 11.6 Å². The Kier molecular flexibility index (Phi) is 5.35. The van der Waals surface area contributed by atoms with Crippen LogP contribution in [0.2, 0.25) is 0 Å². The second-order valence-corrected chi connectivity index (χ2v) is 4.40. The Hall–Kier alpha value is -1.56. The van der Waals surface area contributed by atoms with Crippen molar-refractivity contribution in [3.8, 4) is 0 Å². The number of hydrogen-bond donors (Lipinski definition) is 2. The summed E-state index contributed by atoms with van der Waals surface area (Å²) in [6.07, 6.45) is -2.97. The third-order valence-electron chi connectivity index (χ3n) is 2.77. The number of carbonyl (C=O) groups excluding carboxylic acids is 1. The van der Waals surface area contributed by atoms with Crippen LogP contribution in [0.25, 0.3) is 0 Å². The summed E-state index contributed by atoms with van der Waals surface area (Å²) in [5.41, 5.74) is 4.97. The van der Waals surface area contributed by atoms with Crippen LogP contribution >= 0.6 is 0 Å². The van der Waals surface area contributed by atoms with Gasteiger partial charge >= 0.3 is 6.18 Å². The highest BCUT2D eigenvalue weighted by molar-refractivity contribution is 5.92. The molecule has 1 rings (SSSR count). The summed E-state index contributed by atoms with van der Waals surface area (Å²) in [5, 5.41) is 2.58. The average Bonchev–Trinajstić information content (AvgIpc) is 2.35. The molecule has 1 aromatic rings. The van der Waals surface area contributed by atoms with Crippen molar-refractivity contribution < 1.29 is 18.0 Å². The van der Waals surface area contributed by atoms with E-state index in [1.54, 1.807) is 6.92 Å². The standard InChI is InChI=1S/C13H17F3N2O/c1-9(3-2-8-17)12(19)18-11-6-4-10(5-7-11)13(14,15)16/h4-7,9H,2-3,8,17H2,1H3,(H,18,19). The molecule has 19 heavy (non-hydrogen) atoms. The van der Waals surface area contributed by atoms with Gasteiger partial charge in [-0.25, -0.2) is 0 Å². The molecule has 0 aliphatic heterocycles. The number of nitrogens with two attached hydrogens (primary N) is 1. The quantitative estimate of drug-likeness (QED) is 0.867. The summed E-state index contributed by atoms with van der Waals surface area (Å²) >= 11 is 0. The fourth-order valence-corrected chi connectivity index (χ4v) is 1.56. The summed E-state index contributed by atoms with van der Waals surface area (Å²) in [7, 11) is 0. The van der Waals surface area contributed by atoms with Crippen LogP contribution in [-0.2, 0) is 11.0 Å². The molecule has 1 atom stereocenters. The largest absolute Gasteiger partial charge is 0.416 e. The molecule has 0 aliphatic carbocycles. The maximum atomic E-state index is 12.4. The van der Waals surface area contributed by atoms with Crippen LogP contribution in [0.3, 0.4) is 0 Å². The molecule has 0 bridgehead atoms. The van der Waals surface area contributed by atoms with E-state index in [0.717, 1.165) is 18.6 Å². The average molecular weight is 274 g/mol. The molecule has 0 radical (unpaired) electrons. The van der Waals surface area contributed by atoms with Crippen LogP contribution in [0, 0.1) is 5.92 Å². The Labute approximate surface area is 110 Å². The molecule has 6 heteroatoms. The van der Waals surface area contributed by atoms with Crippen molar-refractivity contribution in [2.24, 2.45) is 11.7 Å². The summed E-state index contributed by atoms with van der Waals surface area (Å²) in [5.74, 6) is -0.431. The Balaban J connectivity index is 2.60. The molecule has 3 nitrogen and oxygen atoms in total. The number of alkyl halides is 3. The van der Waals surface area contributed by atoms with Gasteiger partial charge in [0, 0.05) is 11.6 Å². The molecule has 1 aromatic carbocycles. The zero-order valence-corrected chi connectivity index (χ0v) is 10.6. The molecule has 0 saturated heterocycles. The van der Waals surface area contributed by atoms with Gasteiger partial charge in [0.1, 0.15) is 0 Å². The molecule has 0 spiro atoms. The maximum absolute atomic E-state index is 12.4. The van der Waals surface area contributed by atoms with E-state index in [0.29, 0.717) is 18.7 Å². The predicted molar refractivity (Wildman–Crippen MR) is 67.5 cm³/mol. The zero-order valence-electron chi connectivity index (χ0n) is 10.6. The van der Waals surface area contributed by atoms with Gasteiger partial charge in [-0.15, -0.1) is 0 Å². The summed E-state index contributed by atoms with van der Waals surface area (Å²) in [4.78, 5) is 11.7. The number of carbonyl (C=O) groups is 1. The molecule has 1 amide bonds. The minimum Gasteiger partial charge on any atom is -0.330 e. The van der Waals surface area contributed by atoms with Gasteiger partial charge < -0.3 is 11.1 Å². The van der Waals surface area contributed by atoms with Crippen molar-refractivity contribution in [3.05, 3.63) is 29.8 Å².